The highest BCUT2D eigenvalue weighted by Crippen LogP contribution is 2.46. The van der Waals surface area contributed by atoms with Crippen LogP contribution < -0.4 is 11.1 Å². The molecule has 148 valence electrons. The molecule has 2 fully saturated rings. The minimum absolute atomic E-state index is 0.00282. The third-order valence-corrected chi connectivity index (χ3v) is 6.61. The number of benzene rings is 1. The van der Waals surface area contributed by atoms with E-state index in [-0.39, 0.29) is 23.0 Å². The normalized spacial score (nSPS) is 28.6. The molecule has 0 radical (unpaired) electrons. The zero-order chi connectivity index (χ0) is 19.9. The molecule has 1 aromatic rings. The number of carbonyl (C=O) groups is 2. The lowest BCUT2D eigenvalue weighted by molar-refractivity contribution is -0.126. The van der Waals surface area contributed by atoms with Gasteiger partial charge in [-0.2, -0.15) is 0 Å². The Bertz CT molecular complexity index is 706. The Balaban J connectivity index is 1.75. The van der Waals surface area contributed by atoms with Crippen molar-refractivity contribution in [1.82, 2.24) is 15.1 Å². The third-order valence-electron chi connectivity index (χ3n) is 6.61. The summed E-state index contributed by atoms with van der Waals surface area (Å²) in [5, 5.41) is 3.23. The summed E-state index contributed by atoms with van der Waals surface area (Å²) in [5.74, 6) is -0.379. The fraction of sp³-hybridized carbons (Fsp3) is 0.619. The average Bonchev–Trinajstić information content (AvgIpc) is 2.91. The SMILES string of the molecule is CN(C)[C@]1(c2ccccc2)CC[C@@]2(CC1)CN(CC(C)(C)C(N)=O)C(=O)N2. The summed E-state index contributed by atoms with van der Waals surface area (Å²) in [6, 6.07) is 10.6. The first-order valence-electron chi connectivity index (χ1n) is 9.70. The quantitative estimate of drug-likeness (QED) is 0.832. The number of nitrogens with zero attached hydrogens (tertiary/aromatic N) is 2. The van der Waals surface area contributed by atoms with Crippen LogP contribution in [0.1, 0.15) is 45.1 Å². The van der Waals surface area contributed by atoms with Crippen molar-refractivity contribution in [2.24, 2.45) is 11.1 Å². The maximum Gasteiger partial charge on any atom is 0.318 e. The molecule has 0 bridgehead atoms. The zero-order valence-electron chi connectivity index (χ0n) is 16.9. The summed E-state index contributed by atoms with van der Waals surface area (Å²) in [7, 11) is 4.28. The van der Waals surface area contributed by atoms with Crippen molar-refractivity contribution >= 4 is 11.9 Å². The Morgan fingerprint density at radius 1 is 1.19 bits per heavy atom. The zero-order valence-corrected chi connectivity index (χ0v) is 16.9. The van der Waals surface area contributed by atoms with Crippen LogP contribution in [0.2, 0.25) is 0 Å². The minimum atomic E-state index is -0.727. The first-order valence-corrected chi connectivity index (χ1v) is 9.70. The Morgan fingerprint density at radius 3 is 2.30 bits per heavy atom. The van der Waals surface area contributed by atoms with E-state index in [0.717, 1.165) is 25.7 Å². The van der Waals surface area contributed by atoms with Gasteiger partial charge in [-0.05, 0) is 59.2 Å². The predicted octanol–water partition coefficient (Wildman–Crippen LogP) is 2.29. The molecule has 0 aromatic heterocycles. The second kappa shape index (κ2) is 6.82. The van der Waals surface area contributed by atoms with Crippen LogP contribution in [0.3, 0.4) is 0 Å². The van der Waals surface area contributed by atoms with E-state index in [0.29, 0.717) is 13.1 Å². The van der Waals surface area contributed by atoms with Gasteiger partial charge in [-0.25, -0.2) is 4.79 Å². The van der Waals surface area contributed by atoms with Crippen LogP contribution in [0.15, 0.2) is 30.3 Å². The van der Waals surface area contributed by atoms with Crippen LogP contribution in [0.4, 0.5) is 4.79 Å². The fourth-order valence-corrected chi connectivity index (χ4v) is 4.63. The van der Waals surface area contributed by atoms with Gasteiger partial charge in [0.2, 0.25) is 5.91 Å². The van der Waals surface area contributed by atoms with Crippen molar-refractivity contribution < 1.29 is 9.59 Å². The number of hydrogen-bond acceptors (Lipinski definition) is 3. The summed E-state index contributed by atoms with van der Waals surface area (Å²) in [6.07, 6.45) is 3.80. The molecule has 1 aromatic carbocycles. The van der Waals surface area contributed by atoms with E-state index in [1.54, 1.807) is 18.7 Å². The largest absolute Gasteiger partial charge is 0.369 e. The predicted molar refractivity (Wildman–Crippen MR) is 106 cm³/mol. The van der Waals surface area contributed by atoms with Crippen LogP contribution in [0, 0.1) is 5.41 Å². The Labute approximate surface area is 162 Å². The topological polar surface area (TPSA) is 78.7 Å². The number of nitrogens with one attached hydrogen (secondary N) is 1. The van der Waals surface area contributed by atoms with Crippen molar-refractivity contribution in [1.29, 1.82) is 0 Å². The molecule has 1 aliphatic carbocycles. The summed E-state index contributed by atoms with van der Waals surface area (Å²) in [6.45, 7) is 4.58. The van der Waals surface area contributed by atoms with Crippen molar-refractivity contribution in [2.45, 2.75) is 50.6 Å². The van der Waals surface area contributed by atoms with Crippen LogP contribution >= 0.6 is 0 Å². The number of amides is 3. The van der Waals surface area contributed by atoms with E-state index < -0.39 is 5.41 Å². The van der Waals surface area contributed by atoms with Crippen LogP contribution in [-0.2, 0) is 10.3 Å². The summed E-state index contributed by atoms with van der Waals surface area (Å²) in [5.41, 5.74) is 5.89. The second-order valence-electron chi connectivity index (χ2n) is 9.11. The standard InChI is InChI=1S/C21H32N4O2/c1-19(2,17(22)26)14-25-15-20(23-18(25)27)10-12-21(13-11-20,24(3)4)16-8-6-5-7-9-16/h5-9H,10-15H2,1-4H3,(H2,22,26)(H,23,27)/t20-,21-. The van der Waals surface area contributed by atoms with Crippen molar-refractivity contribution in [2.75, 3.05) is 27.2 Å². The molecule has 6 heteroatoms. The molecule has 3 N–H and O–H groups in total. The number of hydrogen-bond donors (Lipinski definition) is 2. The van der Waals surface area contributed by atoms with Crippen molar-refractivity contribution in [3.63, 3.8) is 0 Å². The second-order valence-corrected chi connectivity index (χ2v) is 9.11. The van der Waals surface area contributed by atoms with Gasteiger partial charge in [-0.3, -0.25) is 9.69 Å². The molecule has 3 rings (SSSR count). The van der Waals surface area contributed by atoms with Crippen molar-refractivity contribution in [3.8, 4) is 0 Å². The molecule has 1 saturated carbocycles. The number of primary amides is 1. The molecule has 2 aliphatic rings. The Kier molecular flexibility index (Phi) is 4.97. The lowest BCUT2D eigenvalue weighted by atomic mass is 9.69. The lowest BCUT2D eigenvalue weighted by Crippen LogP contribution is -2.54. The van der Waals surface area contributed by atoms with Crippen LogP contribution in [0.25, 0.3) is 0 Å². The fourth-order valence-electron chi connectivity index (χ4n) is 4.63. The maximum atomic E-state index is 12.6. The van der Waals surface area contributed by atoms with E-state index in [1.807, 2.05) is 6.07 Å². The number of rotatable bonds is 5. The highest BCUT2D eigenvalue weighted by molar-refractivity contribution is 5.82. The Hall–Kier alpha value is -2.08. The molecule has 1 heterocycles. The van der Waals surface area contributed by atoms with Gasteiger partial charge in [-0.1, -0.05) is 30.3 Å². The first-order chi connectivity index (χ1) is 12.6. The molecule has 1 saturated heterocycles. The van der Waals surface area contributed by atoms with Crippen molar-refractivity contribution in [3.05, 3.63) is 35.9 Å². The smallest absolute Gasteiger partial charge is 0.318 e. The highest BCUT2D eigenvalue weighted by Gasteiger charge is 2.50. The van der Waals surface area contributed by atoms with Gasteiger partial charge in [0, 0.05) is 18.6 Å². The number of nitrogens with two attached hydrogens (primary N) is 1. The van der Waals surface area contributed by atoms with Crippen LogP contribution in [0.5, 0.6) is 0 Å². The number of carbonyl (C=O) groups excluding carboxylic acids is 2. The summed E-state index contributed by atoms with van der Waals surface area (Å²) in [4.78, 5) is 28.3. The van der Waals surface area contributed by atoms with Gasteiger partial charge in [0.25, 0.3) is 0 Å². The molecular formula is C21H32N4O2. The molecule has 0 atom stereocenters. The van der Waals surface area contributed by atoms with Gasteiger partial charge in [0.05, 0.1) is 11.0 Å². The van der Waals surface area contributed by atoms with Gasteiger partial charge >= 0.3 is 6.03 Å². The highest BCUT2D eigenvalue weighted by atomic mass is 16.2. The van der Waals surface area contributed by atoms with E-state index in [1.165, 1.54) is 5.56 Å². The third kappa shape index (κ3) is 3.55. The van der Waals surface area contributed by atoms with Crippen LogP contribution in [-0.4, -0.2) is 54.5 Å². The summed E-state index contributed by atoms with van der Waals surface area (Å²) >= 11 is 0. The number of urea groups is 1. The van der Waals surface area contributed by atoms with E-state index in [2.05, 4.69) is 48.6 Å². The van der Waals surface area contributed by atoms with E-state index in [4.69, 9.17) is 5.73 Å². The molecule has 0 unspecified atom stereocenters. The van der Waals surface area contributed by atoms with E-state index >= 15 is 0 Å². The van der Waals surface area contributed by atoms with Gasteiger partial charge in [0.15, 0.2) is 0 Å². The first kappa shape index (κ1) is 19.7. The van der Waals surface area contributed by atoms with Gasteiger partial charge in [0.1, 0.15) is 0 Å². The monoisotopic (exact) mass is 372 g/mol. The van der Waals surface area contributed by atoms with Gasteiger partial charge in [-0.15, -0.1) is 0 Å². The molecule has 3 amide bonds. The molecule has 1 aliphatic heterocycles. The maximum absolute atomic E-state index is 12.6. The minimum Gasteiger partial charge on any atom is -0.369 e. The summed E-state index contributed by atoms with van der Waals surface area (Å²) < 4.78 is 0. The molecule has 1 spiro atoms. The average molecular weight is 373 g/mol. The van der Waals surface area contributed by atoms with Gasteiger partial charge < -0.3 is 16.0 Å². The van der Waals surface area contributed by atoms with E-state index in [9.17, 15) is 9.59 Å². The molecule has 6 nitrogen and oxygen atoms in total. The Morgan fingerprint density at radius 2 is 1.78 bits per heavy atom. The molecular weight excluding hydrogens is 340 g/mol. The lowest BCUT2D eigenvalue weighted by Gasteiger charge is -2.48. The molecule has 27 heavy (non-hydrogen) atoms.